The summed E-state index contributed by atoms with van der Waals surface area (Å²) in [6.07, 6.45) is 1.65. The van der Waals surface area contributed by atoms with Crippen LogP contribution in [0.15, 0.2) is 24.8 Å². The Morgan fingerprint density at radius 2 is 1.82 bits per heavy atom. The van der Waals surface area contributed by atoms with Crippen LogP contribution >= 0.6 is 0 Å². The summed E-state index contributed by atoms with van der Waals surface area (Å²) in [7, 11) is 3.21. The summed E-state index contributed by atoms with van der Waals surface area (Å²) in [6.45, 7) is 5.78. The maximum Gasteiger partial charge on any atom is 0.421 e. The van der Waals surface area contributed by atoms with E-state index in [-0.39, 0.29) is 11.8 Å². The molecule has 3 aromatic rings. The maximum atomic E-state index is 13.0. The highest BCUT2D eigenvalue weighted by atomic mass is 19.4. The molecule has 3 aromatic heterocycles. The number of nitrogens with one attached hydrogen (secondary N) is 2. The molecule has 0 radical (unpaired) electrons. The van der Waals surface area contributed by atoms with Crippen LogP contribution in [-0.4, -0.2) is 36.6 Å². The van der Waals surface area contributed by atoms with Gasteiger partial charge in [-0.15, -0.1) is 0 Å². The number of halogens is 3. The summed E-state index contributed by atoms with van der Waals surface area (Å²) in [6, 6.07) is 0. The van der Waals surface area contributed by atoms with Gasteiger partial charge in [-0.05, 0) is 20.8 Å². The highest BCUT2D eigenvalue weighted by Gasteiger charge is 2.35. The van der Waals surface area contributed by atoms with E-state index in [2.05, 4.69) is 30.8 Å². The van der Waals surface area contributed by atoms with Gasteiger partial charge in [-0.25, -0.2) is 4.98 Å². The monoisotopic (exact) mass is 394 g/mol. The molecule has 150 valence electrons. The summed E-state index contributed by atoms with van der Waals surface area (Å²) in [4.78, 5) is 7.71. The lowest BCUT2D eigenvalue weighted by atomic mass is 9.98. The first kappa shape index (κ1) is 19.6. The fraction of sp³-hybridized carbons (Fsp3) is 0.412. The van der Waals surface area contributed by atoms with Crippen LogP contribution in [0.25, 0.3) is 0 Å². The van der Waals surface area contributed by atoms with Crippen LogP contribution in [-0.2, 0) is 18.8 Å². The first-order valence-corrected chi connectivity index (χ1v) is 8.47. The van der Waals surface area contributed by atoms with Gasteiger partial charge in [0.25, 0.3) is 0 Å². The molecule has 0 atom stereocenters. The van der Waals surface area contributed by atoms with Gasteiger partial charge in [-0.3, -0.25) is 9.36 Å². The van der Waals surface area contributed by atoms with Crippen molar-refractivity contribution in [3.63, 3.8) is 0 Å². The molecule has 0 aromatic carbocycles. The van der Waals surface area contributed by atoms with Gasteiger partial charge in [0.15, 0.2) is 0 Å². The Morgan fingerprint density at radius 1 is 1.11 bits per heavy atom. The van der Waals surface area contributed by atoms with E-state index in [4.69, 9.17) is 0 Å². The SMILES string of the molecule is CNc1nc(Nc2cn(C(C)(C)c3cnn(C)c3)nc2C)ncc1C(F)(F)F. The molecule has 0 aliphatic heterocycles. The van der Waals surface area contributed by atoms with Crippen LogP contribution in [0.4, 0.5) is 30.6 Å². The predicted molar refractivity (Wildman–Crippen MR) is 98.5 cm³/mol. The number of aryl methyl sites for hydroxylation is 2. The van der Waals surface area contributed by atoms with Crippen LogP contribution in [0.3, 0.4) is 0 Å². The molecule has 0 unspecified atom stereocenters. The Morgan fingerprint density at radius 3 is 2.39 bits per heavy atom. The molecule has 11 heteroatoms. The number of hydrogen-bond donors (Lipinski definition) is 2. The van der Waals surface area contributed by atoms with Gasteiger partial charge in [-0.2, -0.15) is 28.4 Å². The van der Waals surface area contributed by atoms with Gasteiger partial charge in [0.1, 0.15) is 11.4 Å². The number of nitrogens with zero attached hydrogens (tertiary/aromatic N) is 6. The highest BCUT2D eigenvalue weighted by molar-refractivity contribution is 5.58. The third-order valence-electron chi connectivity index (χ3n) is 4.46. The van der Waals surface area contributed by atoms with Gasteiger partial charge < -0.3 is 10.6 Å². The minimum absolute atomic E-state index is 0.0409. The molecule has 0 bridgehead atoms. The number of hydrogen-bond acceptors (Lipinski definition) is 6. The average molecular weight is 394 g/mol. The van der Waals surface area contributed by atoms with Crippen LogP contribution in [0.2, 0.25) is 0 Å². The number of rotatable bonds is 5. The predicted octanol–water partition coefficient (Wildman–Crippen LogP) is 3.30. The van der Waals surface area contributed by atoms with Gasteiger partial charge in [0.2, 0.25) is 5.95 Å². The fourth-order valence-corrected chi connectivity index (χ4v) is 2.70. The molecular formula is C17H21F3N8. The standard InChI is InChI=1S/C17H21F3N8/c1-10-13(9-28(26-10)16(2,3)11-6-23-27(5)8-11)24-15-22-7-12(17(18,19)20)14(21-4)25-15/h6-9H,1-5H3,(H2,21,22,24,25). The van der Waals surface area contributed by atoms with E-state index in [0.29, 0.717) is 11.4 Å². The van der Waals surface area contributed by atoms with E-state index in [1.54, 1.807) is 28.7 Å². The lowest BCUT2D eigenvalue weighted by Gasteiger charge is -2.24. The zero-order valence-corrected chi connectivity index (χ0v) is 16.1. The van der Waals surface area contributed by atoms with E-state index in [1.165, 1.54) is 7.05 Å². The van der Waals surface area contributed by atoms with Crippen molar-refractivity contribution in [2.75, 3.05) is 17.7 Å². The van der Waals surface area contributed by atoms with Gasteiger partial charge in [-0.1, -0.05) is 0 Å². The second-order valence-electron chi connectivity index (χ2n) is 6.86. The molecule has 2 N–H and O–H groups in total. The van der Waals surface area contributed by atoms with Crippen LogP contribution < -0.4 is 10.6 Å². The minimum atomic E-state index is -4.54. The van der Waals surface area contributed by atoms with Crippen molar-refractivity contribution in [1.29, 1.82) is 0 Å². The molecule has 0 saturated heterocycles. The van der Waals surface area contributed by atoms with Crippen molar-refractivity contribution in [3.8, 4) is 0 Å². The van der Waals surface area contributed by atoms with Crippen molar-refractivity contribution < 1.29 is 13.2 Å². The highest BCUT2D eigenvalue weighted by Crippen LogP contribution is 2.34. The Hall–Kier alpha value is -3.11. The quantitative estimate of drug-likeness (QED) is 0.691. The normalized spacial score (nSPS) is 12.3. The summed E-state index contributed by atoms with van der Waals surface area (Å²) >= 11 is 0. The molecule has 0 amide bonds. The molecule has 0 spiro atoms. The smallest absolute Gasteiger partial charge is 0.372 e. The molecule has 0 fully saturated rings. The third kappa shape index (κ3) is 3.64. The summed E-state index contributed by atoms with van der Waals surface area (Å²) in [5.41, 5.74) is 0.819. The van der Waals surface area contributed by atoms with Crippen molar-refractivity contribution in [1.82, 2.24) is 29.5 Å². The second kappa shape index (κ2) is 6.80. The molecule has 3 rings (SSSR count). The molecule has 0 aliphatic carbocycles. The molecule has 28 heavy (non-hydrogen) atoms. The van der Waals surface area contributed by atoms with Gasteiger partial charge in [0, 0.05) is 38.2 Å². The zero-order valence-electron chi connectivity index (χ0n) is 16.1. The first-order valence-electron chi connectivity index (χ1n) is 8.47. The number of aromatic nitrogens is 6. The lowest BCUT2D eigenvalue weighted by Crippen LogP contribution is -2.27. The van der Waals surface area contributed by atoms with E-state index in [0.717, 1.165) is 11.8 Å². The Labute approximate surface area is 159 Å². The molecule has 0 aliphatic rings. The molecule has 0 saturated carbocycles. The largest absolute Gasteiger partial charge is 0.421 e. The molecule has 8 nitrogen and oxygen atoms in total. The summed E-state index contributed by atoms with van der Waals surface area (Å²) in [5.74, 6) is -0.259. The van der Waals surface area contributed by atoms with Crippen molar-refractivity contribution in [2.45, 2.75) is 32.5 Å². The van der Waals surface area contributed by atoms with Crippen LogP contribution in [0.5, 0.6) is 0 Å². The van der Waals surface area contributed by atoms with Crippen LogP contribution in [0.1, 0.15) is 30.7 Å². The van der Waals surface area contributed by atoms with Crippen molar-refractivity contribution in [2.24, 2.45) is 7.05 Å². The zero-order chi connectivity index (χ0) is 20.7. The average Bonchev–Trinajstić information content (AvgIpc) is 3.21. The van der Waals surface area contributed by atoms with Gasteiger partial charge in [0.05, 0.1) is 23.1 Å². The Kier molecular flexibility index (Phi) is 4.77. The Bertz CT molecular complexity index is 987. The van der Waals surface area contributed by atoms with Gasteiger partial charge >= 0.3 is 6.18 Å². The van der Waals surface area contributed by atoms with E-state index < -0.39 is 17.3 Å². The summed E-state index contributed by atoms with van der Waals surface area (Å²) in [5, 5.41) is 14.1. The second-order valence-corrected chi connectivity index (χ2v) is 6.86. The Balaban J connectivity index is 1.90. The number of anilines is 3. The molecular weight excluding hydrogens is 373 g/mol. The van der Waals surface area contributed by atoms with E-state index in [9.17, 15) is 13.2 Å². The van der Waals surface area contributed by atoms with Crippen molar-refractivity contribution >= 4 is 17.5 Å². The molecule has 3 heterocycles. The topological polar surface area (TPSA) is 85.5 Å². The number of alkyl halides is 3. The minimum Gasteiger partial charge on any atom is -0.372 e. The third-order valence-corrected chi connectivity index (χ3v) is 4.46. The maximum absolute atomic E-state index is 13.0. The summed E-state index contributed by atoms with van der Waals surface area (Å²) < 4.78 is 42.5. The van der Waals surface area contributed by atoms with Crippen LogP contribution in [0, 0.1) is 6.92 Å². The van der Waals surface area contributed by atoms with E-state index >= 15 is 0 Å². The first-order chi connectivity index (χ1) is 13.0. The lowest BCUT2D eigenvalue weighted by molar-refractivity contribution is -0.137. The van der Waals surface area contributed by atoms with E-state index in [1.807, 2.05) is 27.1 Å². The fourth-order valence-electron chi connectivity index (χ4n) is 2.70. The van der Waals surface area contributed by atoms with Crippen molar-refractivity contribution in [3.05, 3.63) is 41.6 Å².